The van der Waals surface area contributed by atoms with Crippen LogP contribution in [0, 0.1) is 41.5 Å². The molecule has 0 bridgehead atoms. The zero-order chi connectivity index (χ0) is 24.5. The van der Waals surface area contributed by atoms with Crippen molar-refractivity contribution in [2.45, 2.75) is 41.5 Å². The Balaban J connectivity index is 0.000000148. The maximum atomic E-state index is 2.24. The van der Waals surface area contributed by atoms with E-state index in [0.29, 0.717) is 0 Å². The number of hydrogen-bond donors (Lipinski definition) is 0. The molecule has 5 rings (SSSR count). The lowest BCUT2D eigenvalue weighted by molar-refractivity contribution is 1.34. The van der Waals surface area contributed by atoms with E-state index < -0.39 is 0 Å². The third-order valence-electron chi connectivity index (χ3n) is 6.37. The van der Waals surface area contributed by atoms with E-state index in [1.807, 2.05) is 0 Å². The Morgan fingerprint density at radius 2 is 0.588 bits per heavy atom. The van der Waals surface area contributed by atoms with Crippen molar-refractivity contribution in [3.8, 4) is 11.1 Å². The summed E-state index contributed by atoms with van der Waals surface area (Å²) >= 11 is 0. The van der Waals surface area contributed by atoms with Crippen LogP contribution < -0.4 is 0 Å². The lowest BCUT2D eigenvalue weighted by atomic mass is 9.97. The maximum Gasteiger partial charge on any atom is -0.0152 e. The van der Waals surface area contributed by atoms with Gasteiger partial charge in [0, 0.05) is 0 Å². The molecule has 0 heteroatoms. The summed E-state index contributed by atoms with van der Waals surface area (Å²) in [6.45, 7) is 12.9. The molecule has 34 heavy (non-hydrogen) atoms. The molecule has 0 saturated carbocycles. The first-order valence-electron chi connectivity index (χ1n) is 12.0. The van der Waals surface area contributed by atoms with Gasteiger partial charge in [-0.25, -0.2) is 0 Å². The van der Waals surface area contributed by atoms with Crippen molar-refractivity contribution in [3.63, 3.8) is 0 Å². The van der Waals surface area contributed by atoms with Crippen molar-refractivity contribution in [3.05, 3.63) is 143 Å². The zero-order valence-corrected chi connectivity index (χ0v) is 21.4. The van der Waals surface area contributed by atoms with E-state index >= 15 is 0 Å². The van der Waals surface area contributed by atoms with Crippen molar-refractivity contribution >= 4 is 10.8 Å². The van der Waals surface area contributed by atoms with Gasteiger partial charge in [-0.3, -0.25) is 0 Å². The number of hydrogen-bond acceptors (Lipinski definition) is 0. The molecule has 0 saturated heterocycles. The number of benzene rings is 5. The summed E-state index contributed by atoms with van der Waals surface area (Å²) in [5.74, 6) is 0. The van der Waals surface area contributed by atoms with Crippen LogP contribution in [-0.4, -0.2) is 0 Å². The van der Waals surface area contributed by atoms with Crippen molar-refractivity contribution in [1.29, 1.82) is 0 Å². The molecule has 0 radical (unpaired) electrons. The molecule has 0 heterocycles. The van der Waals surface area contributed by atoms with Crippen molar-refractivity contribution in [1.82, 2.24) is 0 Å². The maximum absolute atomic E-state index is 2.24. The topological polar surface area (TPSA) is 0 Å². The van der Waals surface area contributed by atoms with E-state index in [9.17, 15) is 0 Å². The predicted molar refractivity (Wildman–Crippen MR) is 151 cm³/mol. The van der Waals surface area contributed by atoms with Crippen LogP contribution in [0.2, 0.25) is 0 Å². The molecule has 0 aliphatic carbocycles. The van der Waals surface area contributed by atoms with E-state index in [0.717, 1.165) is 0 Å². The summed E-state index contributed by atoms with van der Waals surface area (Å²) < 4.78 is 0. The number of rotatable bonds is 1. The smallest absolute Gasteiger partial charge is 0.0152 e. The first kappa shape index (κ1) is 25.0. The molecule has 0 fully saturated rings. The van der Waals surface area contributed by atoms with Gasteiger partial charge in [0.15, 0.2) is 0 Å². The van der Waals surface area contributed by atoms with Crippen LogP contribution in [0.3, 0.4) is 0 Å². The van der Waals surface area contributed by atoms with Crippen LogP contribution in [0.4, 0.5) is 0 Å². The van der Waals surface area contributed by atoms with E-state index in [1.54, 1.807) is 0 Å². The summed E-state index contributed by atoms with van der Waals surface area (Å²) in [7, 11) is 0. The molecule has 0 N–H and O–H groups in total. The minimum atomic E-state index is 1.33. The third-order valence-corrected chi connectivity index (χ3v) is 6.37. The van der Waals surface area contributed by atoms with Gasteiger partial charge in [-0.2, -0.15) is 0 Å². The zero-order valence-electron chi connectivity index (χ0n) is 21.4. The van der Waals surface area contributed by atoms with Gasteiger partial charge >= 0.3 is 0 Å². The van der Waals surface area contributed by atoms with Crippen molar-refractivity contribution < 1.29 is 0 Å². The molecule has 0 aliphatic rings. The highest BCUT2D eigenvalue weighted by molar-refractivity contribution is 5.83. The van der Waals surface area contributed by atoms with Crippen molar-refractivity contribution in [2.75, 3.05) is 0 Å². The molecule has 0 amide bonds. The normalized spacial score (nSPS) is 10.1. The highest BCUT2D eigenvalue weighted by Gasteiger charge is 2.02. The van der Waals surface area contributed by atoms with Gasteiger partial charge in [-0.1, -0.05) is 109 Å². The lowest BCUT2D eigenvalue weighted by Gasteiger charge is -2.08. The monoisotopic (exact) mass is 444 g/mol. The van der Waals surface area contributed by atoms with Crippen LogP contribution in [0.5, 0.6) is 0 Å². The second-order valence-electron chi connectivity index (χ2n) is 9.00. The van der Waals surface area contributed by atoms with E-state index in [-0.39, 0.29) is 0 Å². The fourth-order valence-corrected chi connectivity index (χ4v) is 3.88. The van der Waals surface area contributed by atoms with Crippen LogP contribution in [-0.2, 0) is 0 Å². The highest BCUT2D eigenvalue weighted by atomic mass is 14.1. The molecule has 172 valence electrons. The molecule has 5 aromatic carbocycles. The Labute approximate surface area is 205 Å². The molecular formula is C34H36. The van der Waals surface area contributed by atoms with Crippen LogP contribution in [0.25, 0.3) is 21.9 Å². The highest BCUT2D eigenvalue weighted by Crippen LogP contribution is 2.25. The summed E-state index contributed by atoms with van der Waals surface area (Å²) in [5.41, 5.74) is 10.8. The summed E-state index contributed by atoms with van der Waals surface area (Å²) in [6, 6.07) is 38.3. The van der Waals surface area contributed by atoms with Gasteiger partial charge in [-0.05, 0) is 96.8 Å². The van der Waals surface area contributed by atoms with Gasteiger partial charge in [0.2, 0.25) is 0 Å². The fraction of sp³-hybridized carbons (Fsp3) is 0.176. The van der Waals surface area contributed by atoms with Crippen LogP contribution in [0.1, 0.15) is 33.4 Å². The van der Waals surface area contributed by atoms with E-state index in [2.05, 4.69) is 151 Å². The largest absolute Gasteiger partial charge is 0.0620 e. The molecule has 0 unspecified atom stereocenters. The first-order valence-corrected chi connectivity index (χ1v) is 12.0. The van der Waals surface area contributed by atoms with Crippen LogP contribution in [0.15, 0.2) is 109 Å². The second-order valence-corrected chi connectivity index (χ2v) is 9.00. The van der Waals surface area contributed by atoms with Gasteiger partial charge in [0.25, 0.3) is 0 Å². The van der Waals surface area contributed by atoms with Gasteiger partial charge in [0.1, 0.15) is 0 Å². The van der Waals surface area contributed by atoms with Crippen molar-refractivity contribution in [2.24, 2.45) is 0 Å². The molecule has 5 aromatic rings. The lowest BCUT2D eigenvalue weighted by Crippen LogP contribution is -1.85. The quantitative estimate of drug-likeness (QED) is 0.241. The minimum Gasteiger partial charge on any atom is -0.0620 e. The number of aryl methyl sites for hydroxylation is 6. The first-order chi connectivity index (χ1) is 16.4. The predicted octanol–water partition coefficient (Wildman–Crippen LogP) is 9.73. The van der Waals surface area contributed by atoms with Gasteiger partial charge in [0.05, 0.1) is 0 Å². The van der Waals surface area contributed by atoms with Gasteiger partial charge in [-0.15, -0.1) is 0 Å². The Bertz CT molecular complexity index is 1250. The van der Waals surface area contributed by atoms with Gasteiger partial charge < -0.3 is 0 Å². The molecule has 0 spiro atoms. The van der Waals surface area contributed by atoms with E-state index in [1.165, 1.54) is 55.3 Å². The summed E-state index contributed by atoms with van der Waals surface area (Å²) in [6.07, 6.45) is 0. The average Bonchev–Trinajstić information content (AvgIpc) is 2.83. The Kier molecular flexibility index (Phi) is 8.82. The fourth-order valence-electron chi connectivity index (χ4n) is 3.88. The number of fused-ring (bicyclic) bond motifs is 1. The minimum absolute atomic E-state index is 1.33. The Morgan fingerprint density at radius 1 is 0.294 bits per heavy atom. The molecule has 0 atom stereocenters. The standard InChI is InChI=1S/C14H14.C12H12.C8H10/c1-11-7-3-5-9-13(11)14-10-6-4-8-12(14)2;1-9-7-11-5-3-4-6-12(11)8-10(9)2;1-7-5-3-4-6-8(7)2/h3-10H,1-2H3;3-8H,1-2H3;3-6H,1-2H3. The SMILES string of the molecule is Cc1cc2ccccc2cc1C.Cc1ccccc1-c1ccccc1C.Cc1ccccc1C. The molecular weight excluding hydrogens is 408 g/mol. The molecule has 0 nitrogen and oxygen atoms in total. The van der Waals surface area contributed by atoms with E-state index in [4.69, 9.17) is 0 Å². The average molecular weight is 445 g/mol. The Morgan fingerprint density at radius 3 is 0.912 bits per heavy atom. The summed E-state index contributed by atoms with van der Waals surface area (Å²) in [4.78, 5) is 0. The Hall–Kier alpha value is -3.64. The molecule has 0 aromatic heterocycles. The second kappa shape index (κ2) is 12.0. The molecule has 0 aliphatic heterocycles. The summed E-state index contributed by atoms with van der Waals surface area (Å²) in [5, 5.41) is 2.67. The third kappa shape index (κ3) is 6.68. The van der Waals surface area contributed by atoms with Crippen LogP contribution >= 0.6 is 0 Å².